The summed E-state index contributed by atoms with van der Waals surface area (Å²) in [5.41, 5.74) is 1.01. The standard InChI is InChI=1S/C13H11ClN2O2/c14-11-4-2-1-3-9(11)7-16-13(18)10-5-6-12(17)15-8-10/h1-6,8H,7H2,(H,15,17)(H,16,18). The molecule has 2 aromatic rings. The summed E-state index contributed by atoms with van der Waals surface area (Å²) in [5, 5.41) is 3.34. The number of aromatic amines is 1. The van der Waals surface area contributed by atoms with E-state index in [0.29, 0.717) is 17.1 Å². The highest BCUT2D eigenvalue weighted by Crippen LogP contribution is 2.14. The van der Waals surface area contributed by atoms with Crippen molar-refractivity contribution in [3.63, 3.8) is 0 Å². The van der Waals surface area contributed by atoms with Crippen LogP contribution in [0.25, 0.3) is 0 Å². The van der Waals surface area contributed by atoms with E-state index in [1.165, 1.54) is 18.3 Å². The number of carbonyl (C=O) groups excluding carboxylic acids is 1. The van der Waals surface area contributed by atoms with Gasteiger partial charge in [0, 0.05) is 23.8 Å². The van der Waals surface area contributed by atoms with Crippen LogP contribution < -0.4 is 10.9 Å². The highest BCUT2D eigenvalue weighted by atomic mass is 35.5. The molecular weight excluding hydrogens is 252 g/mol. The van der Waals surface area contributed by atoms with Gasteiger partial charge in [-0.1, -0.05) is 29.8 Å². The summed E-state index contributed by atoms with van der Waals surface area (Å²) in [5.74, 6) is -0.258. The van der Waals surface area contributed by atoms with Crippen molar-refractivity contribution < 1.29 is 4.79 Å². The van der Waals surface area contributed by atoms with Crippen molar-refractivity contribution in [3.05, 3.63) is 69.1 Å². The first-order valence-electron chi connectivity index (χ1n) is 5.37. The average molecular weight is 263 g/mol. The molecule has 0 saturated heterocycles. The van der Waals surface area contributed by atoms with Crippen molar-refractivity contribution >= 4 is 17.5 Å². The molecule has 0 aliphatic carbocycles. The molecule has 0 saturated carbocycles. The molecule has 2 N–H and O–H groups in total. The van der Waals surface area contributed by atoms with Crippen LogP contribution in [0.2, 0.25) is 5.02 Å². The van der Waals surface area contributed by atoms with Crippen LogP contribution in [-0.2, 0) is 6.54 Å². The van der Waals surface area contributed by atoms with Gasteiger partial charge in [0.1, 0.15) is 0 Å². The van der Waals surface area contributed by atoms with Crippen LogP contribution in [0.15, 0.2) is 47.4 Å². The zero-order chi connectivity index (χ0) is 13.0. The minimum absolute atomic E-state index is 0.238. The molecule has 0 aliphatic heterocycles. The number of hydrogen-bond donors (Lipinski definition) is 2. The summed E-state index contributed by atoms with van der Waals surface area (Å²) in [4.78, 5) is 25.1. The molecule has 0 spiro atoms. The fourth-order valence-corrected chi connectivity index (χ4v) is 1.67. The number of pyridine rings is 1. The Labute approximate surface area is 109 Å². The Kier molecular flexibility index (Phi) is 3.79. The van der Waals surface area contributed by atoms with Gasteiger partial charge in [0.15, 0.2) is 0 Å². The lowest BCUT2D eigenvalue weighted by Crippen LogP contribution is -2.23. The van der Waals surface area contributed by atoms with E-state index in [9.17, 15) is 9.59 Å². The SMILES string of the molecule is O=C(NCc1ccccc1Cl)c1ccc(=O)[nH]c1. The van der Waals surface area contributed by atoms with E-state index < -0.39 is 0 Å². The first kappa shape index (κ1) is 12.4. The van der Waals surface area contributed by atoms with Gasteiger partial charge in [0.25, 0.3) is 5.91 Å². The number of hydrogen-bond acceptors (Lipinski definition) is 2. The minimum Gasteiger partial charge on any atom is -0.348 e. The Morgan fingerprint density at radius 1 is 1.22 bits per heavy atom. The monoisotopic (exact) mass is 262 g/mol. The second kappa shape index (κ2) is 5.51. The van der Waals surface area contributed by atoms with E-state index in [2.05, 4.69) is 10.3 Å². The number of amides is 1. The number of H-pyrrole nitrogens is 1. The maximum absolute atomic E-state index is 11.8. The molecular formula is C13H11ClN2O2. The minimum atomic E-state index is -0.258. The number of rotatable bonds is 3. The predicted octanol–water partition coefficient (Wildman–Crippen LogP) is 1.96. The molecule has 4 nitrogen and oxygen atoms in total. The summed E-state index contributed by atoms with van der Waals surface area (Å²) in [6.07, 6.45) is 1.38. The van der Waals surface area contributed by atoms with Gasteiger partial charge in [-0.05, 0) is 17.7 Å². The molecule has 5 heteroatoms. The second-order valence-corrected chi connectivity index (χ2v) is 4.12. The third-order valence-electron chi connectivity index (χ3n) is 2.44. The first-order valence-corrected chi connectivity index (χ1v) is 5.75. The molecule has 1 aromatic carbocycles. The number of aromatic nitrogens is 1. The zero-order valence-electron chi connectivity index (χ0n) is 9.44. The van der Waals surface area contributed by atoms with Crippen molar-refractivity contribution in [2.45, 2.75) is 6.54 Å². The smallest absolute Gasteiger partial charge is 0.253 e. The highest BCUT2D eigenvalue weighted by molar-refractivity contribution is 6.31. The molecule has 2 rings (SSSR count). The largest absolute Gasteiger partial charge is 0.348 e. The summed E-state index contributed by atoms with van der Waals surface area (Å²) in [6, 6.07) is 10.1. The Hall–Kier alpha value is -2.07. The molecule has 92 valence electrons. The van der Waals surface area contributed by atoms with Gasteiger partial charge >= 0.3 is 0 Å². The van der Waals surface area contributed by atoms with E-state index in [4.69, 9.17) is 11.6 Å². The number of nitrogens with one attached hydrogen (secondary N) is 2. The predicted molar refractivity (Wildman–Crippen MR) is 69.7 cm³/mol. The van der Waals surface area contributed by atoms with E-state index in [1.807, 2.05) is 18.2 Å². The van der Waals surface area contributed by atoms with E-state index in [0.717, 1.165) is 5.56 Å². The molecule has 0 unspecified atom stereocenters. The van der Waals surface area contributed by atoms with Crippen molar-refractivity contribution in [1.82, 2.24) is 10.3 Å². The van der Waals surface area contributed by atoms with E-state index >= 15 is 0 Å². The molecule has 0 radical (unpaired) electrons. The summed E-state index contributed by atoms with van der Waals surface area (Å²) in [7, 11) is 0. The molecule has 0 atom stereocenters. The van der Waals surface area contributed by atoms with Crippen molar-refractivity contribution in [2.75, 3.05) is 0 Å². The molecule has 0 bridgehead atoms. The van der Waals surface area contributed by atoms with Crippen LogP contribution in [0.3, 0.4) is 0 Å². The van der Waals surface area contributed by atoms with Crippen LogP contribution in [0, 0.1) is 0 Å². The summed E-state index contributed by atoms with van der Waals surface area (Å²) < 4.78 is 0. The quantitative estimate of drug-likeness (QED) is 0.888. The highest BCUT2D eigenvalue weighted by Gasteiger charge is 2.06. The zero-order valence-corrected chi connectivity index (χ0v) is 10.2. The second-order valence-electron chi connectivity index (χ2n) is 3.72. The van der Waals surface area contributed by atoms with Gasteiger partial charge in [-0.15, -0.1) is 0 Å². The maximum Gasteiger partial charge on any atom is 0.253 e. The van der Waals surface area contributed by atoms with Crippen LogP contribution >= 0.6 is 11.6 Å². The molecule has 1 aromatic heterocycles. The van der Waals surface area contributed by atoms with Crippen molar-refractivity contribution in [3.8, 4) is 0 Å². The lowest BCUT2D eigenvalue weighted by molar-refractivity contribution is 0.0950. The van der Waals surface area contributed by atoms with Gasteiger partial charge < -0.3 is 10.3 Å². The normalized spacial score (nSPS) is 10.1. The molecule has 1 amide bonds. The van der Waals surface area contributed by atoms with Crippen LogP contribution in [0.4, 0.5) is 0 Å². The molecule has 0 fully saturated rings. The molecule has 0 aliphatic rings. The molecule has 1 heterocycles. The number of halogens is 1. The third kappa shape index (κ3) is 2.99. The summed E-state index contributed by atoms with van der Waals surface area (Å²) in [6.45, 7) is 0.345. The van der Waals surface area contributed by atoms with E-state index in [-0.39, 0.29) is 11.5 Å². The Morgan fingerprint density at radius 2 is 2.00 bits per heavy atom. The van der Waals surface area contributed by atoms with Crippen LogP contribution in [0.1, 0.15) is 15.9 Å². The van der Waals surface area contributed by atoms with Crippen LogP contribution in [0.5, 0.6) is 0 Å². The van der Waals surface area contributed by atoms with Crippen molar-refractivity contribution in [2.24, 2.45) is 0 Å². The third-order valence-corrected chi connectivity index (χ3v) is 2.81. The van der Waals surface area contributed by atoms with Gasteiger partial charge in [0.2, 0.25) is 5.56 Å². The summed E-state index contributed by atoms with van der Waals surface area (Å²) >= 11 is 5.98. The lowest BCUT2D eigenvalue weighted by Gasteiger charge is -2.06. The Morgan fingerprint density at radius 3 is 2.67 bits per heavy atom. The topological polar surface area (TPSA) is 62.0 Å². The fourth-order valence-electron chi connectivity index (χ4n) is 1.47. The Bertz CT molecular complexity index is 602. The first-order chi connectivity index (χ1) is 8.66. The lowest BCUT2D eigenvalue weighted by atomic mass is 10.2. The fraction of sp³-hybridized carbons (Fsp3) is 0.0769. The van der Waals surface area contributed by atoms with Gasteiger partial charge in [-0.2, -0.15) is 0 Å². The van der Waals surface area contributed by atoms with E-state index in [1.54, 1.807) is 6.07 Å². The maximum atomic E-state index is 11.8. The van der Waals surface area contributed by atoms with Crippen LogP contribution in [-0.4, -0.2) is 10.9 Å². The van der Waals surface area contributed by atoms with Gasteiger partial charge in [-0.3, -0.25) is 9.59 Å². The van der Waals surface area contributed by atoms with Gasteiger partial charge in [-0.25, -0.2) is 0 Å². The average Bonchev–Trinajstić information content (AvgIpc) is 2.38. The number of benzene rings is 1. The number of carbonyl (C=O) groups is 1. The van der Waals surface area contributed by atoms with Gasteiger partial charge in [0.05, 0.1) is 5.56 Å². The molecule has 18 heavy (non-hydrogen) atoms. The Balaban J connectivity index is 2.03. The van der Waals surface area contributed by atoms with Crippen molar-refractivity contribution in [1.29, 1.82) is 0 Å².